The topological polar surface area (TPSA) is 38.3 Å². The third-order valence-electron chi connectivity index (χ3n) is 3.58. The minimum Gasteiger partial charge on any atom is -0.466 e. The first-order valence-electron chi connectivity index (χ1n) is 6.98. The standard InChI is InChI=1S/C15H19ClFNO2/c1-2-20-15(19)10-4-3-5-12(8-10)18-14-9-11(17)6-7-13(14)16/h6-7,9-10,12,18H,2-5,8H2,1H3. The van der Waals surface area contributed by atoms with Crippen molar-refractivity contribution in [2.75, 3.05) is 11.9 Å². The lowest BCUT2D eigenvalue weighted by Crippen LogP contribution is -2.32. The van der Waals surface area contributed by atoms with Crippen molar-refractivity contribution >= 4 is 23.3 Å². The van der Waals surface area contributed by atoms with Crippen LogP contribution in [0.1, 0.15) is 32.6 Å². The second-order valence-corrected chi connectivity index (χ2v) is 5.49. The van der Waals surface area contributed by atoms with Gasteiger partial charge in [0.1, 0.15) is 5.82 Å². The molecule has 0 aliphatic heterocycles. The third-order valence-corrected chi connectivity index (χ3v) is 3.91. The van der Waals surface area contributed by atoms with Crippen molar-refractivity contribution < 1.29 is 13.9 Å². The van der Waals surface area contributed by atoms with Gasteiger partial charge in [0.2, 0.25) is 0 Å². The molecule has 1 saturated carbocycles. The number of anilines is 1. The quantitative estimate of drug-likeness (QED) is 0.854. The summed E-state index contributed by atoms with van der Waals surface area (Å²) in [6.07, 6.45) is 3.45. The van der Waals surface area contributed by atoms with Crippen LogP contribution in [0.4, 0.5) is 10.1 Å². The second kappa shape index (κ2) is 6.93. The summed E-state index contributed by atoms with van der Waals surface area (Å²) in [5, 5.41) is 3.73. The van der Waals surface area contributed by atoms with Gasteiger partial charge in [-0.2, -0.15) is 0 Å². The number of benzene rings is 1. The first-order chi connectivity index (χ1) is 9.60. The fourth-order valence-corrected chi connectivity index (χ4v) is 2.80. The number of carbonyl (C=O) groups is 1. The van der Waals surface area contributed by atoms with Gasteiger partial charge in [0.15, 0.2) is 0 Å². The molecule has 0 amide bonds. The predicted octanol–water partition coefficient (Wildman–Crippen LogP) is 4.01. The Morgan fingerprint density at radius 1 is 1.50 bits per heavy atom. The number of halogens is 2. The van der Waals surface area contributed by atoms with Gasteiger partial charge in [-0.25, -0.2) is 4.39 Å². The van der Waals surface area contributed by atoms with Crippen molar-refractivity contribution in [1.82, 2.24) is 0 Å². The van der Waals surface area contributed by atoms with Gasteiger partial charge in [-0.15, -0.1) is 0 Å². The first kappa shape index (κ1) is 15.1. The number of esters is 1. The average Bonchev–Trinajstić information content (AvgIpc) is 2.43. The molecule has 2 atom stereocenters. The smallest absolute Gasteiger partial charge is 0.308 e. The van der Waals surface area contributed by atoms with E-state index in [1.165, 1.54) is 18.2 Å². The highest BCUT2D eigenvalue weighted by atomic mass is 35.5. The molecule has 3 nitrogen and oxygen atoms in total. The molecule has 1 aromatic rings. The fourth-order valence-electron chi connectivity index (χ4n) is 2.62. The van der Waals surface area contributed by atoms with E-state index >= 15 is 0 Å². The van der Waals surface area contributed by atoms with E-state index in [1.807, 2.05) is 6.92 Å². The minimum atomic E-state index is -0.324. The number of hydrogen-bond donors (Lipinski definition) is 1. The van der Waals surface area contributed by atoms with E-state index in [4.69, 9.17) is 16.3 Å². The van der Waals surface area contributed by atoms with Gasteiger partial charge in [0.05, 0.1) is 23.2 Å². The maximum Gasteiger partial charge on any atom is 0.308 e. The van der Waals surface area contributed by atoms with Crippen LogP contribution in [0.3, 0.4) is 0 Å². The molecule has 0 saturated heterocycles. The summed E-state index contributed by atoms with van der Waals surface area (Å²) in [4.78, 5) is 11.8. The van der Waals surface area contributed by atoms with E-state index in [-0.39, 0.29) is 23.7 Å². The van der Waals surface area contributed by atoms with Gasteiger partial charge >= 0.3 is 5.97 Å². The number of carbonyl (C=O) groups excluding carboxylic acids is 1. The summed E-state index contributed by atoms with van der Waals surface area (Å²) in [6.45, 7) is 2.21. The van der Waals surface area contributed by atoms with Crippen LogP contribution in [0.25, 0.3) is 0 Å². The van der Waals surface area contributed by atoms with Crippen LogP contribution in [0.15, 0.2) is 18.2 Å². The Morgan fingerprint density at radius 3 is 3.05 bits per heavy atom. The van der Waals surface area contributed by atoms with E-state index in [9.17, 15) is 9.18 Å². The lowest BCUT2D eigenvalue weighted by Gasteiger charge is -2.29. The Kier molecular flexibility index (Phi) is 5.24. The van der Waals surface area contributed by atoms with Crippen LogP contribution < -0.4 is 5.32 Å². The molecule has 2 unspecified atom stereocenters. The van der Waals surface area contributed by atoms with E-state index in [1.54, 1.807) is 0 Å². The number of nitrogens with one attached hydrogen (secondary N) is 1. The van der Waals surface area contributed by atoms with E-state index < -0.39 is 0 Å². The molecular formula is C15H19ClFNO2. The van der Waals surface area contributed by atoms with Crippen molar-refractivity contribution in [2.24, 2.45) is 5.92 Å². The molecule has 1 N–H and O–H groups in total. The van der Waals surface area contributed by atoms with Gasteiger partial charge in [-0.05, 0) is 44.4 Å². The van der Waals surface area contributed by atoms with Gasteiger partial charge in [0, 0.05) is 6.04 Å². The Bertz CT molecular complexity index is 481. The van der Waals surface area contributed by atoms with Crippen LogP contribution in [0, 0.1) is 11.7 Å². The van der Waals surface area contributed by atoms with Gasteiger partial charge in [-0.1, -0.05) is 18.0 Å². The van der Waals surface area contributed by atoms with Crippen molar-refractivity contribution in [2.45, 2.75) is 38.6 Å². The Morgan fingerprint density at radius 2 is 2.30 bits per heavy atom. The van der Waals surface area contributed by atoms with Crippen molar-refractivity contribution in [3.63, 3.8) is 0 Å². The average molecular weight is 300 g/mol. The normalized spacial score (nSPS) is 22.4. The summed E-state index contributed by atoms with van der Waals surface area (Å²) in [5.74, 6) is -0.535. The van der Waals surface area contributed by atoms with Crippen LogP contribution >= 0.6 is 11.6 Å². The molecule has 0 aromatic heterocycles. The van der Waals surface area contributed by atoms with Crippen LogP contribution in [0.2, 0.25) is 5.02 Å². The summed E-state index contributed by atoms with van der Waals surface area (Å²) < 4.78 is 18.3. The molecule has 110 valence electrons. The first-order valence-corrected chi connectivity index (χ1v) is 7.36. The summed E-state index contributed by atoms with van der Waals surface area (Å²) in [6, 6.07) is 4.37. The van der Waals surface area contributed by atoms with E-state index in [0.29, 0.717) is 23.7 Å². The summed E-state index contributed by atoms with van der Waals surface area (Å²) in [5.41, 5.74) is 0.584. The largest absolute Gasteiger partial charge is 0.466 e. The molecule has 20 heavy (non-hydrogen) atoms. The molecule has 0 bridgehead atoms. The fraction of sp³-hybridized carbons (Fsp3) is 0.533. The molecule has 1 fully saturated rings. The zero-order valence-corrected chi connectivity index (χ0v) is 12.3. The van der Waals surface area contributed by atoms with E-state index in [2.05, 4.69) is 5.32 Å². The monoisotopic (exact) mass is 299 g/mol. The molecule has 1 aliphatic rings. The number of rotatable bonds is 4. The summed E-state index contributed by atoms with van der Waals surface area (Å²) >= 11 is 6.04. The van der Waals surface area contributed by atoms with Crippen LogP contribution in [-0.2, 0) is 9.53 Å². The maximum atomic E-state index is 13.2. The molecule has 1 aliphatic carbocycles. The zero-order valence-electron chi connectivity index (χ0n) is 11.5. The lowest BCUT2D eigenvalue weighted by molar-refractivity contribution is -0.149. The lowest BCUT2D eigenvalue weighted by atomic mass is 9.85. The SMILES string of the molecule is CCOC(=O)C1CCCC(Nc2cc(F)ccc2Cl)C1. The molecular weight excluding hydrogens is 281 g/mol. The van der Waals surface area contributed by atoms with Crippen LogP contribution in [0.5, 0.6) is 0 Å². The van der Waals surface area contributed by atoms with E-state index in [0.717, 1.165) is 19.3 Å². The minimum absolute atomic E-state index is 0.0754. The Balaban J connectivity index is 1.99. The van der Waals surface area contributed by atoms with Gasteiger partial charge in [-0.3, -0.25) is 4.79 Å². The highest BCUT2D eigenvalue weighted by Gasteiger charge is 2.28. The Hall–Kier alpha value is -1.29. The van der Waals surface area contributed by atoms with Crippen LogP contribution in [-0.4, -0.2) is 18.6 Å². The molecule has 0 heterocycles. The molecule has 0 spiro atoms. The Labute approximate surface area is 123 Å². The third kappa shape index (κ3) is 3.85. The van der Waals surface area contributed by atoms with Crippen molar-refractivity contribution in [3.8, 4) is 0 Å². The highest BCUT2D eigenvalue weighted by Crippen LogP contribution is 2.30. The molecule has 2 rings (SSSR count). The zero-order chi connectivity index (χ0) is 14.5. The van der Waals surface area contributed by atoms with Crippen molar-refractivity contribution in [3.05, 3.63) is 29.0 Å². The van der Waals surface area contributed by atoms with Gasteiger partial charge in [0.25, 0.3) is 0 Å². The summed E-state index contributed by atoms with van der Waals surface area (Å²) in [7, 11) is 0. The number of hydrogen-bond acceptors (Lipinski definition) is 3. The van der Waals surface area contributed by atoms with Gasteiger partial charge < -0.3 is 10.1 Å². The van der Waals surface area contributed by atoms with Crippen molar-refractivity contribution in [1.29, 1.82) is 0 Å². The molecule has 1 aromatic carbocycles. The molecule has 5 heteroatoms. The highest BCUT2D eigenvalue weighted by molar-refractivity contribution is 6.33. The maximum absolute atomic E-state index is 13.2. The predicted molar refractivity (Wildman–Crippen MR) is 77.4 cm³/mol. The number of ether oxygens (including phenoxy) is 1. The molecule has 0 radical (unpaired) electrons. The second-order valence-electron chi connectivity index (χ2n) is 5.08.